The molecule has 1 aliphatic rings. The predicted octanol–water partition coefficient (Wildman–Crippen LogP) is 1.31. The van der Waals surface area contributed by atoms with Crippen LogP contribution in [0.15, 0.2) is 0 Å². The van der Waals surface area contributed by atoms with Gasteiger partial charge in [0.1, 0.15) is 0 Å². The van der Waals surface area contributed by atoms with E-state index in [4.69, 9.17) is 0 Å². The molecule has 0 bridgehead atoms. The predicted molar refractivity (Wildman–Crippen MR) is 40.6 cm³/mol. The van der Waals surface area contributed by atoms with Crippen molar-refractivity contribution in [3.63, 3.8) is 0 Å². The zero-order chi connectivity index (χ0) is 7.56. The summed E-state index contributed by atoms with van der Waals surface area (Å²) in [6.07, 6.45) is 2.94. The highest BCUT2D eigenvalue weighted by atomic mass is 16.1. The van der Waals surface area contributed by atoms with Gasteiger partial charge in [-0.05, 0) is 18.8 Å². The van der Waals surface area contributed by atoms with Crippen molar-refractivity contribution < 1.29 is 4.79 Å². The minimum absolute atomic E-state index is 0.227. The molecule has 0 spiro atoms. The van der Waals surface area contributed by atoms with E-state index < -0.39 is 0 Å². The molecule has 1 N–H and O–H groups in total. The monoisotopic (exact) mass is 141 g/mol. The largest absolute Gasteiger partial charge is 0.353 e. The maximum atomic E-state index is 10.9. The number of hydrogen-bond donors (Lipinski definition) is 1. The molecule has 2 nitrogen and oxygen atoms in total. The molecule has 0 aliphatic carbocycles. The molecule has 10 heavy (non-hydrogen) atoms. The lowest BCUT2D eigenvalue weighted by Gasteiger charge is -2.26. The van der Waals surface area contributed by atoms with Crippen LogP contribution in [0.3, 0.4) is 0 Å². The first kappa shape index (κ1) is 7.58. The third-order valence-corrected chi connectivity index (χ3v) is 2.08. The van der Waals surface area contributed by atoms with Gasteiger partial charge in [0.15, 0.2) is 0 Å². The van der Waals surface area contributed by atoms with Crippen LogP contribution >= 0.6 is 0 Å². The highest BCUT2D eigenvalue weighted by Gasteiger charge is 2.21. The maximum absolute atomic E-state index is 10.9. The Balaban J connectivity index is 2.42. The zero-order valence-electron chi connectivity index (χ0n) is 6.68. The third kappa shape index (κ3) is 1.72. The zero-order valence-corrected chi connectivity index (χ0v) is 6.68. The van der Waals surface area contributed by atoms with E-state index in [1.54, 1.807) is 0 Å². The number of carbonyl (C=O) groups excluding carboxylic acids is 1. The summed E-state index contributed by atoms with van der Waals surface area (Å²) >= 11 is 0. The summed E-state index contributed by atoms with van der Waals surface area (Å²) in [7, 11) is 0. The van der Waals surface area contributed by atoms with Crippen LogP contribution in [-0.4, -0.2) is 11.9 Å². The van der Waals surface area contributed by atoms with Crippen LogP contribution in [0.1, 0.15) is 33.1 Å². The van der Waals surface area contributed by atoms with Crippen molar-refractivity contribution >= 4 is 5.91 Å². The molecule has 1 rings (SSSR count). The van der Waals surface area contributed by atoms with Crippen LogP contribution in [0, 0.1) is 5.92 Å². The molecule has 1 amide bonds. The van der Waals surface area contributed by atoms with Crippen LogP contribution in [-0.2, 0) is 4.79 Å². The molecular weight excluding hydrogens is 126 g/mol. The Morgan fingerprint density at radius 2 is 2.40 bits per heavy atom. The van der Waals surface area contributed by atoms with Crippen molar-refractivity contribution in [1.29, 1.82) is 0 Å². The third-order valence-electron chi connectivity index (χ3n) is 2.08. The molecule has 1 fully saturated rings. The molecule has 2 heteroatoms. The number of piperidine rings is 1. The van der Waals surface area contributed by atoms with Crippen molar-refractivity contribution in [3.8, 4) is 0 Å². The quantitative estimate of drug-likeness (QED) is 0.586. The van der Waals surface area contributed by atoms with Gasteiger partial charge < -0.3 is 5.32 Å². The topological polar surface area (TPSA) is 29.1 Å². The summed E-state index contributed by atoms with van der Waals surface area (Å²) in [5, 5.41) is 2.96. The number of hydrogen-bond acceptors (Lipinski definition) is 1. The smallest absolute Gasteiger partial charge is 0.220 e. The molecule has 0 aromatic rings. The Labute approximate surface area is 62.0 Å². The second-order valence-electron chi connectivity index (χ2n) is 3.22. The molecule has 1 heterocycles. The van der Waals surface area contributed by atoms with Gasteiger partial charge in [0, 0.05) is 12.5 Å². The maximum Gasteiger partial charge on any atom is 0.220 e. The Hall–Kier alpha value is -0.530. The average molecular weight is 141 g/mol. The number of nitrogens with one attached hydrogen (secondary N) is 1. The first-order valence-electron chi connectivity index (χ1n) is 4.01. The van der Waals surface area contributed by atoms with E-state index in [2.05, 4.69) is 19.2 Å². The van der Waals surface area contributed by atoms with Crippen molar-refractivity contribution in [2.45, 2.75) is 39.2 Å². The van der Waals surface area contributed by atoms with Gasteiger partial charge in [0.2, 0.25) is 5.91 Å². The molecule has 2 unspecified atom stereocenters. The van der Waals surface area contributed by atoms with Gasteiger partial charge in [-0.1, -0.05) is 13.8 Å². The van der Waals surface area contributed by atoms with Crippen LogP contribution in [0.25, 0.3) is 0 Å². The summed E-state index contributed by atoms with van der Waals surface area (Å²) in [6.45, 7) is 4.25. The minimum Gasteiger partial charge on any atom is -0.353 e. The van der Waals surface area contributed by atoms with E-state index in [1.165, 1.54) is 0 Å². The fraction of sp³-hybridized carbons (Fsp3) is 0.875. The van der Waals surface area contributed by atoms with Crippen LogP contribution in [0.5, 0.6) is 0 Å². The number of rotatable bonds is 1. The Kier molecular flexibility index (Phi) is 2.30. The highest BCUT2D eigenvalue weighted by molar-refractivity contribution is 5.77. The summed E-state index contributed by atoms with van der Waals surface area (Å²) in [5.41, 5.74) is 0. The van der Waals surface area contributed by atoms with Gasteiger partial charge in [-0.15, -0.1) is 0 Å². The minimum atomic E-state index is 0.227. The van der Waals surface area contributed by atoms with Gasteiger partial charge in [-0.2, -0.15) is 0 Å². The first-order chi connectivity index (χ1) is 4.72. The Morgan fingerprint density at radius 3 is 2.90 bits per heavy atom. The SMILES string of the molecule is CCC1CC(C)CC(=O)N1. The van der Waals surface area contributed by atoms with Crippen LogP contribution < -0.4 is 5.32 Å². The normalized spacial score (nSPS) is 33.6. The van der Waals surface area contributed by atoms with Gasteiger partial charge in [-0.25, -0.2) is 0 Å². The molecule has 0 aromatic carbocycles. The fourth-order valence-electron chi connectivity index (χ4n) is 1.50. The van der Waals surface area contributed by atoms with Gasteiger partial charge in [-0.3, -0.25) is 4.79 Å². The summed E-state index contributed by atoms with van der Waals surface area (Å²) in [4.78, 5) is 10.9. The van der Waals surface area contributed by atoms with Crippen molar-refractivity contribution in [1.82, 2.24) is 5.32 Å². The van der Waals surface area contributed by atoms with E-state index >= 15 is 0 Å². The molecule has 1 saturated heterocycles. The van der Waals surface area contributed by atoms with Gasteiger partial charge in [0.05, 0.1) is 0 Å². The fourth-order valence-corrected chi connectivity index (χ4v) is 1.50. The van der Waals surface area contributed by atoms with E-state index in [-0.39, 0.29) is 5.91 Å². The lowest BCUT2D eigenvalue weighted by atomic mass is 9.93. The van der Waals surface area contributed by atoms with Crippen LogP contribution in [0.2, 0.25) is 0 Å². The second kappa shape index (κ2) is 3.04. The molecule has 0 radical (unpaired) electrons. The van der Waals surface area contributed by atoms with Crippen molar-refractivity contribution in [3.05, 3.63) is 0 Å². The molecule has 2 atom stereocenters. The highest BCUT2D eigenvalue weighted by Crippen LogP contribution is 2.17. The van der Waals surface area contributed by atoms with E-state index in [0.29, 0.717) is 12.0 Å². The Bertz CT molecular complexity index is 133. The van der Waals surface area contributed by atoms with Gasteiger partial charge in [0.25, 0.3) is 0 Å². The average Bonchev–Trinajstić information content (AvgIpc) is 1.85. The Morgan fingerprint density at radius 1 is 1.70 bits per heavy atom. The van der Waals surface area contributed by atoms with E-state index in [9.17, 15) is 4.79 Å². The van der Waals surface area contributed by atoms with E-state index in [0.717, 1.165) is 19.3 Å². The molecule has 0 aromatic heterocycles. The standard InChI is InChI=1S/C8H15NO/c1-3-7-4-6(2)5-8(10)9-7/h6-7H,3-5H2,1-2H3,(H,9,10). The first-order valence-corrected chi connectivity index (χ1v) is 4.01. The molecule has 58 valence electrons. The second-order valence-corrected chi connectivity index (χ2v) is 3.22. The summed E-state index contributed by atoms with van der Waals surface area (Å²) < 4.78 is 0. The summed E-state index contributed by atoms with van der Waals surface area (Å²) in [5.74, 6) is 0.810. The lowest BCUT2D eigenvalue weighted by Crippen LogP contribution is -2.41. The van der Waals surface area contributed by atoms with Crippen molar-refractivity contribution in [2.24, 2.45) is 5.92 Å². The number of carbonyl (C=O) groups is 1. The molecule has 1 aliphatic heterocycles. The van der Waals surface area contributed by atoms with Gasteiger partial charge >= 0.3 is 0 Å². The lowest BCUT2D eigenvalue weighted by molar-refractivity contribution is -0.124. The number of amides is 1. The molecule has 0 saturated carbocycles. The molecular formula is C8H15NO. The van der Waals surface area contributed by atoms with E-state index in [1.807, 2.05) is 0 Å². The van der Waals surface area contributed by atoms with Crippen molar-refractivity contribution in [2.75, 3.05) is 0 Å². The summed E-state index contributed by atoms with van der Waals surface area (Å²) in [6, 6.07) is 0.441. The van der Waals surface area contributed by atoms with Crippen LogP contribution in [0.4, 0.5) is 0 Å².